The minimum atomic E-state index is -0.332. The number of hydrogen-bond acceptors (Lipinski definition) is 4. The molecule has 0 aliphatic rings. The summed E-state index contributed by atoms with van der Waals surface area (Å²) in [5.74, 6) is -0.332. The van der Waals surface area contributed by atoms with Gasteiger partial charge in [-0.25, -0.2) is 4.98 Å². The maximum absolute atomic E-state index is 12.2. The fourth-order valence-corrected chi connectivity index (χ4v) is 1.93. The smallest absolute Gasteiger partial charge is 0.258 e. The summed E-state index contributed by atoms with van der Waals surface area (Å²) >= 11 is 5.77. The van der Waals surface area contributed by atoms with Gasteiger partial charge >= 0.3 is 0 Å². The minimum Gasteiger partial charge on any atom is -0.397 e. The molecule has 0 unspecified atom stereocenters. The number of nitrogens with zero attached hydrogens (tertiary/aromatic N) is 3. The molecular weight excluding hydrogens is 266 g/mol. The molecule has 2 aromatic heterocycles. The molecule has 19 heavy (non-hydrogen) atoms. The van der Waals surface area contributed by atoms with E-state index in [2.05, 4.69) is 15.4 Å². The van der Waals surface area contributed by atoms with Crippen LogP contribution in [0.5, 0.6) is 0 Å². The number of amides is 1. The van der Waals surface area contributed by atoms with Gasteiger partial charge in [0, 0.05) is 7.05 Å². The van der Waals surface area contributed by atoms with E-state index in [1.807, 2.05) is 20.9 Å². The molecule has 0 radical (unpaired) electrons. The monoisotopic (exact) mass is 279 g/mol. The Morgan fingerprint density at radius 1 is 1.47 bits per heavy atom. The lowest BCUT2D eigenvalue weighted by molar-refractivity contribution is 0.102. The van der Waals surface area contributed by atoms with Crippen LogP contribution in [0.25, 0.3) is 0 Å². The average Bonchev–Trinajstić information content (AvgIpc) is 2.59. The molecule has 0 fully saturated rings. The summed E-state index contributed by atoms with van der Waals surface area (Å²) in [4.78, 5) is 16.0. The van der Waals surface area contributed by atoms with Gasteiger partial charge in [-0.3, -0.25) is 9.48 Å². The summed E-state index contributed by atoms with van der Waals surface area (Å²) in [5, 5.41) is 7.25. The molecule has 2 aromatic rings. The number of carbonyl (C=O) groups is 1. The Bertz CT molecular complexity index is 650. The van der Waals surface area contributed by atoms with Crippen LogP contribution in [-0.2, 0) is 7.05 Å². The van der Waals surface area contributed by atoms with Crippen LogP contribution in [0.1, 0.15) is 21.7 Å². The van der Waals surface area contributed by atoms with E-state index in [0.717, 1.165) is 11.4 Å². The van der Waals surface area contributed by atoms with Gasteiger partial charge in [0.05, 0.1) is 34.5 Å². The van der Waals surface area contributed by atoms with Crippen molar-refractivity contribution in [2.45, 2.75) is 13.8 Å². The highest BCUT2D eigenvalue weighted by atomic mass is 35.5. The number of nitrogen functional groups attached to an aromatic ring is 1. The fraction of sp³-hybridized carbons (Fsp3) is 0.250. The first-order valence-electron chi connectivity index (χ1n) is 5.62. The van der Waals surface area contributed by atoms with Gasteiger partial charge in [0.15, 0.2) is 0 Å². The van der Waals surface area contributed by atoms with Crippen LogP contribution in [0.4, 0.5) is 11.4 Å². The lowest BCUT2D eigenvalue weighted by Gasteiger charge is -2.08. The molecular formula is C12H14ClN5O. The molecule has 7 heteroatoms. The van der Waals surface area contributed by atoms with Crippen molar-refractivity contribution in [2.24, 2.45) is 7.05 Å². The van der Waals surface area contributed by atoms with Crippen LogP contribution in [0.2, 0.25) is 5.15 Å². The highest BCUT2D eigenvalue weighted by Gasteiger charge is 2.16. The SMILES string of the molecule is Cc1nn(C)c(C)c1NC(=O)c1cc(Cl)ncc1N. The van der Waals surface area contributed by atoms with Crippen LogP contribution in [0.3, 0.4) is 0 Å². The molecule has 0 spiro atoms. The van der Waals surface area contributed by atoms with Crippen molar-refractivity contribution in [2.75, 3.05) is 11.1 Å². The summed E-state index contributed by atoms with van der Waals surface area (Å²) in [5.41, 5.74) is 8.58. The topological polar surface area (TPSA) is 85.8 Å². The molecule has 3 N–H and O–H groups in total. The van der Waals surface area contributed by atoms with E-state index in [4.69, 9.17) is 17.3 Å². The van der Waals surface area contributed by atoms with E-state index in [1.165, 1.54) is 12.3 Å². The van der Waals surface area contributed by atoms with Crippen molar-refractivity contribution in [3.63, 3.8) is 0 Å². The lowest BCUT2D eigenvalue weighted by atomic mass is 10.2. The number of carbonyl (C=O) groups excluding carboxylic acids is 1. The Hall–Kier alpha value is -2.08. The molecule has 2 heterocycles. The van der Waals surface area contributed by atoms with Gasteiger partial charge < -0.3 is 11.1 Å². The second-order valence-electron chi connectivity index (χ2n) is 4.22. The van der Waals surface area contributed by atoms with Crippen LogP contribution < -0.4 is 11.1 Å². The minimum absolute atomic E-state index is 0.221. The summed E-state index contributed by atoms with van der Waals surface area (Å²) < 4.78 is 1.70. The van der Waals surface area contributed by atoms with Gasteiger partial charge in [-0.05, 0) is 19.9 Å². The van der Waals surface area contributed by atoms with Crippen molar-refractivity contribution in [3.05, 3.63) is 34.4 Å². The van der Waals surface area contributed by atoms with Gasteiger partial charge in [-0.2, -0.15) is 5.10 Å². The van der Waals surface area contributed by atoms with E-state index in [-0.39, 0.29) is 16.7 Å². The van der Waals surface area contributed by atoms with Gasteiger partial charge in [-0.1, -0.05) is 11.6 Å². The summed E-state index contributed by atoms with van der Waals surface area (Å²) in [6.07, 6.45) is 1.36. The van der Waals surface area contributed by atoms with E-state index < -0.39 is 0 Å². The zero-order chi connectivity index (χ0) is 14.2. The zero-order valence-corrected chi connectivity index (χ0v) is 11.6. The molecule has 0 aromatic carbocycles. The molecule has 0 aliphatic heterocycles. The number of pyridine rings is 1. The van der Waals surface area contributed by atoms with Gasteiger partial charge in [0.2, 0.25) is 0 Å². The number of rotatable bonds is 2. The van der Waals surface area contributed by atoms with Crippen LogP contribution >= 0.6 is 11.6 Å². The van der Waals surface area contributed by atoms with E-state index in [0.29, 0.717) is 11.3 Å². The predicted octanol–water partition coefficient (Wildman–Crippen LogP) is 1.92. The fourth-order valence-electron chi connectivity index (χ4n) is 1.77. The molecule has 0 aliphatic carbocycles. The average molecular weight is 280 g/mol. The summed E-state index contributed by atoms with van der Waals surface area (Å²) in [6, 6.07) is 1.44. The maximum Gasteiger partial charge on any atom is 0.258 e. The zero-order valence-electron chi connectivity index (χ0n) is 10.9. The number of nitrogens with two attached hydrogens (primary N) is 1. The van der Waals surface area contributed by atoms with Gasteiger partial charge in [-0.15, -0.1) is 0 Å². The number of halogens is 1. The van der Waals surface area contributed by atoms with Crippen molar-refractivity contribution >= 4 is 28.9 Å². The van der Waals surface area contributed by atoms with E-state index >= 15 is 0 Å². The third-order valence-electron chi connectivity index (χ3n) is 2.89. The number of nitrogens with one attached hydrogen (secondary N) is 1. The normalized spacial score (nSPS) is 10.5. The molecule has 6 nitrogen and oxygen atoms in total. The Morgan fingerprint density at radius 2 is 2.16 bits per heavy atom. The molecule has 1 amide bonds. The first-order valence-corrected chi connectivity index (χ1v) is 6.00. The summed E-state index contributed by atoms with van der Waals surface area (Å²) in [6.45, 7) is 3.70. The van der Waals surface area contributed by atoms with E-state index in [9.17, 15) is 4.79 Å². The number of hydrogen-bond donors (Lipinski definition) is 2. The highest BCUT2D eigenvalue weighted by Crippen LogP contribution is 2.21. The molecule has 0 atom stereocenters. The van der Waals surface area contributed by atoms with Crippen molar-refractivity contribution in [3.8, 4) is 0 Å². The first-order chi connectivity index (χ1) is 8.90. The lowest BCUT2D eigenvalue weighted by Crippen LogP contribution is -2.15. The number of anilines is 2. The molecule has 0 saturated carbocycles. The Labute approximate surface area is 115 Å². The maximum atomic E-state index is 12.2. The standard InChI is InChI=1S/C12H14ClN5O/c1-6-11(7(2)18(3)17-6)16-12(19)8-4-10(13)15-5-9(8)14/h4-5H,14H2,1-3H3,(H,16,19). The largest absolute Gasteiger partial charge is 0.397 e. The second kappa shape index (κ2) is 4.89. The Balaban J connectivity index is 2.33. The third kappa shape index (κ3) is 2.53. The van der Waals surface area contributed by atoms with Crippen molar-refractivity contribution in [1.82, 2.24) is 14.8 Å². The van der Waals surface area contributed by atoms with Gasteiger partial charge in [0.1, 0.15) is 5.15 Å². The van der Waals surface area contributed by atoms with Crippen LogP contribution in [0.15, 0.2) is 12.3 Å². The molecule has 2 rings (SSSR count). The Morgan fingerprint density at radius 3 is 2.74 bits per heavy atom. The summed E-state index contributed by atoms with van der Waals surface area (Å²) in [7, 11) is 1.82. The quantitative estimate of drug-likeness (QED) is 0.823. The van der Waals surface area contributed by atoms with Crippen molar-refractivity contribution in [1.29, 1.82) is 0 Å². The molecule has 100 valence electrons. The highest BCUT2D eigenvalue weighted by molar-refractivity contribution is 6.30. The molecule has 0 bridgehead atoms. The van der Waals surface area contributed by atoms with Crippen molar-refractivity contribution < 1.29 is 4.79 Å². The van der Waals surface area contributed by atoms with Crippen LogP contribution in [-0.4, -0.2) is 20.7 Å². The Kier molecular flexibility index (Phi) is 3.44. The predicted molar refractivity (Wildman–Crippen MR) is 74.3 cm³/mol. The second-order valence-corrected chi connectivity index (χ2v) is 4.61. The molecule has 0 saturated heterocycles. The number of aryl methyl sites for hydroxylation is 2. The van der Waals surface area contributed by atoms with E-state index in [1.54, 1.807) is 4.68 Å². The van der Waals surface area contributed by atoms with Gasteiger partial charge in [0.25, 0.3) is 5.91 Å². The third-order valence-corrected chi connectivity index (χ3v) is 3.10. The van der Waals surface area contributed by atoms with Crippen LogP contribution in [0, 0.1) is 13.8 Å². The number of aromatic nitrogens is 3. The first kappa shape index (κ1) is 13.4.